The van der Waals surface area contributed by atoms with E-state index in [1.54, 1.807) is 0 Å². The molecule has 2 bridgehead atoms. The Kier molecular flexibility index (Phi) is 7.85. The Bertz CT molecular complexity index is 1670. The van der Waals surface area contributed by atoms with Crippen molar-refractivity contribution in [3.05, 3.63) is 101 Å². The first-order valence-corrected chi connectivity index (χ1v) is 17.0. The molecule has 4 heterocycles. The van der Waals surface area contributed by atoms with Gasteiger partial charge < -0.3 is 9.67 Å². The van der Waals surface area contributed by atoms with Crippen molar-refractivity contribution in [2.45, 2.75) is 102 Å². The van der Waals surface area contributed by atoms with Gasteiger partial charge in [0.25, 0.3) is 0 Å². The van der Waals surface area contributed by atoms with Crippen LogP contribution in [0.4, 0.5) is 0 Å². The lowest BCUT2D eigenvalue weighted by molar-refractivity contribution is -0.153. The molecule has 0 aliphatic carbocycles. The van der Waals surface area contributed by atoms with Crippen LogP contribution < -0.4 is 0 Å². The van der Waals surface area contributed by atoms with E-state index < -0.39 is 11.5 Å². The van der Waals surface area contributed by atoms with Gasteiger partial charge in [0.1, 0.15) is 11.4 Å². The van der Waals surface area contributed by atoms with Gasteiger partial charge in [-0.15, -0.1) is 0 Å². The number of hydrogen-bond acceptors (Lipinski definition) is 4. The Morgan fingerprint density at radius 1 is 0.889 bits per heavy atom. The van der Waals surface area contributed by atoms with Gasteiger partial charge in [-0.2, -0.15) is 0 Å². The van der Waals surface area contributed by atoms with Crippen molar-refractivity contribution in [1.29, 1.82) is 0 Å². The zero-order valence-electron chi connectivity index (χ0n) is 27.4. The second kappa shape index (κ2) is 11.7. The van der Waals surface area contributed by atoms with Crippen molar-refractivity contribution in [1.82, 2.24) is 19.4 Å². The zero-order chi connectivity index (χ0) is 31.3. The molecule has 0 saturated carbocycles. The molecule has 3 atom stereocenters. The highest BCUT2D eigenvalue weighted by molar-refractivity contribution is 5.81. The van der Waals surface area contributed by atoms with Crippen molar-refractivity contribution in [3.8, 4) is 0 Å². The van der Waals surface area contributed by atoms with E-state index >= 15 is 0 Å². The highest BCUT2D eigenvalue weighted by Gasteiger charge is 2.48. The normalized spacial score (nSPS) is 24.9. The second-order valence-corrected chi connectivity index (χ2v) is 14.3. The standard InChI is InChI=1S/C39H48N4O2/c1-27-11-10-14-34(28(27)2)38(4,37(44)45)41-22-19-39(20-23-41,30-12-6-5-7-13-30)21-24-42-31-17-18-32(42)26-33(25-31)43-29(3)40-35-15-8-9-16-36(35)43/h5-16,31-33H,17-26H2,1-4H3,(H,44,45). The molecule has 4 aromatic rings. The van der Waals surface area contributed by atoms with Crippen LogP contribution in [0.15, 0.2) is 72.8 Å². The molecule has 0 spiro atoms. The van der Waals surface area contributed by atoms with Crippen molar-refractivity contribution in [2.24, 2.45) is 0 Å². The molecule has 45 heavy (non-hydrogen) atoms. The number of carbonyl (C=O) groups is 1. The number of rotatable bonds is 8. The number of imidazole rings is 1. The third-order valence-electron chi connectivity index (χ3n) is 12.1. The van der Waals surface area contributed by atoms with Gasteiger partial charge in [0.05, 0.1) is 11.0 Å². The van der Waals surface area contributed by atoms with Gasteiger partial charge in [0, 0.05) is 31.2 Å². The quantitative estimate of drug-likeness (QED) is 0.225. The Balaban J connectivity index is 1.10. The number of aliphatic carboxylic acids is 1. The first-order valence-electron chi connectivity index (χ1n) is 17.0. The fourth-order valence-corrected chi connectivity index (χ4v) is 9.35. The monoisotopic (exact) mass is 604 g/mol. The van der Waals surface area contributed by atoms with Crippen LogP contribution in [0.5, 0.6) is 0 Å². The van der Waals surface area contributed by atoms with E-state index in [0.29, 0.717) is 18.1 Å². The summed E-state index contributed by atoms with van der Waals surface area (Å²) in [5.74, 6) is 0.377. The molecule has 3 unspecified atom stereocenters. The number of aryl methyl sites for hydroxylation is 2. The van der Waals surface area contributed by atoms with Gasteiger partial charge in [-0.05, 0) is 119 Å². The van der Waals surface area contributed by atoms with Crippen LogP contribution in [0.2, 0.25) is 0 Å². The molecule has 3 fully saturated rings. The predicted molar refractivity (Wildman–Crippen MR) is 181 cm³/mol. The van der Waals surface area contributed by atoms with E-state index in [4.69, 9.17) is 4.98 Å². The third kappa shape index (κ3) is 5.11. The summed E-state index contributed by atoms with van der Waals surface area (Å²) < 4.78 is 2.52. The Morgan fingerprint density at radius 2 is 1.56 bits per heavy atom. The lowest BCUT2D eigenvalue weighted by atomic mass is 9.69. The summed E-state index contributed by atoms with van der Waals surface area (Å²) in [6.07, 6.45) is 8.00. The van der Waals surface area contributed by atoms with E-state index in [0.717, 1.165) is 66.9 Å². The van der Waals surface area contributed by atoms with E-state index in [-0.39, 0.29) is 5.41 Å². The van der Waals surface area contributed by atoms with Gasteiger partial charge in [-0.3, -0.25) is 9.80 Å². The maximum Gasteiger partial charge on any atom is 0.328 e. The number of para-hydroxylation sites is 2. The van der Waals surface area contributed by atoms with E-state index in [9.17, 15) is 9.90 Å². The van der Waals surface area contributed by atoms with E-state index in [1.807, 2.05) is 19.1 Å². The molecule has 3 saturated heterocycles. The van der Waals surface area contributed by atoms with Gasteiger partial charge in [0.2, 0.25) is 0 Å². The van der Waals surface area contributed by atoms with Gasteiger partial charge >= 0.3 is 5.97 Å². The first-order chi connectivity index (χ1) is 21.7. The molecule has 236 valence electrons. The van der Waals surface area contributed by atoms with Crippen LogP contribution in [-0.2, 0) is 15.7 Å². The SMILES string of the molecule is Cc1cccc(C(C)(C(=O)O)N2CCC(CCN3C4CCC3CC(n3c(C)nc5ccccc53)C4)(c3ccccc3)CC2)c1C. The molecule has 6 heteroatoms. The minimum Gasteiger partial charge on any atom is -0.480 e. The van der Waals surface area contributed by atoms with Crippen LogP contribution in [-0.4, -0.2) is 62.1 Å². The smallest absolute Gasteiger partial charge is 0.328 e. The number of aromatic nitrogens is 2. The van der Waals surface area contributed by atoms with Gasteiger partial charge in [0.15, 0.2) is 0 Å². The largest absolute Gasteiger partial charge is 0.480 e. The number of piperidine rings is 2. The fraction of sp³-hybridized carbons (Fsp3) is 0.487. The maximum atomic E-state index is 13.0. The van der Waals surface area contributed by atoms with Crippen molar-refractivity contribution < 1.29 is 9.90 Å². The number of fused-ring (bicyclic) bond motifs is 3. The zero-order valence-corrected chi connectivity index (χ0v) is 27.4. The van der Waals surface area contributed by atoms with Crippen LogP contribution in [0, 0.1) is 20.8 Å². The summed E-state index contributed by atoms with van der Waals surface area (Å²) in [6, 6.07) is 27.5. The number of nitrogens with zero attached hydrogens (tertiary/aromatic N) is 4. The molecule has 3 aliphatic rings. The molecular formula is C39H48N4O2. The van der Waals surface area contributed by atoms with Crippen molar-refractivity contribution in [3.63, 3.8) is 0 Å². The summed E-state index contributed by atoms with van der Waals surface area (Å²) in [7, 11) is 0. The number of carboxylic acid groups (broad SMARTS) is 1. The van der Waals surface area contributed by atoms with Crippen LogP contribution in [0.1, 0.15) is 86.0 Å². The maximum absolute atomic E-state index is 13.0. The summed E-state index contributed by atoms with van der Waals surface area (Å²) >= 11 is 0. The summed E-state index contributed by atoms with van der Waals surface area (Å²) in [5, 5.41) is 10.7. The van der Waals surface area contributed by atoms with Crippen LogP contribution in [0.3, 0.4) is 0 Å². The molecule has 6 nitrogen and oxygen atoms in total. The highest BCUT2D eigenvalue weighted by atomic mass is 16.4. The lowest BCUT2D eigenvalue weighted by Gasteiger charge is -2.49. The minimum absolute atomic E-state index is 0.0479. The molecule has 3 aliphatic heterocycles. The number of benzene rings is 3. The fourth-order valence-electron chi connectivity index (χ4n) is 9.35. The number of carboxylic acids is 1. The molecule has 3 aromatic carbocycles. The summed E-state index contributed by atoms with van der Waals surface area (Å²) in [5.41, 5.74) is 5.94. The Labute approximate surface area is 268 Å². The average molecular weight is 605 g/mol. The summed E-state index contributed by atoms with van der Waals surface area (Å²) in [4.78, 5) is 23.0. The van der Waals surface area contributed by atoms with E-state index in [2.05, 4.69) is 95.8 Å². The third-order valence-corrected chi connectivity index (χ3v) is 12.1. The lowest BCUT2D eigenvalue weighted by Crippen LogP contribution is -2.56. The van der Waals surface area contributed by atoms with E-state index in [1.165, 1.54) is 36.8 Å². The topological polar surface area (TPSA) is 61.6 Å². The van der Waals surface area contributed by atoms with Crippen LogP contribution in [0.25, 0.3) is 11.0 Å². The second-order valence-electron chi connectivity index (χ2n) is 14.3. The highest BCUT2D eigenvalue weighted by Crippen LogP contribution is 2.46. The van der Waals surface area contributed by atoms with Crippen LogP contribution >= 0.6 is 0 Å². The number of hydrogen-bond donors (Lipinski definition) is 1. The molecule has 0 amide bonds. The number of likely N-dealkylation sites (tertiary alicyclic amines) is 1. The Hall–Kier alpha value is -3.48. The van der Waals surface area contributed by atoms with Crippen molar-refractivity contribution in [2.75, 3.05) is 19.6 Å². The Morgan fingerprint density at radius 3 is 2.24 bits per heavy atom. The molecule has 1 aromatic heterocycles. The first kappa shape index (κ1) is 30.2. The van der Waals surface area contributed by atoms with Crippen molar-refractivity contribution >= 4 is 17.0 Å². The van der Waals surface area contributed by atoms with Gasteiger partial charge in [-0.1, -0.05) is 60.7 Å². The molecule has 0 radical (unpaired) electrons. The molecular weight excluding hydrogens is 556 g/mol. The average Bonchev–Trinajstić information content (AvgIpc) is 3.51. The molecule has 1 N–H and O–H groups in total. The van der Waals surface area contributed by atoms with Gasteiger partial charge in [-0.25, -0.2) is 9.78 Å². The summed E-state index contributed by atoms with van der Waals surface area (Å²) in [6.45, 7) is 10.9. The predicted octanol–water partition coefficient (Wildman–Crippen LogP) is 7.55. The molecule has 7 rings (SSSR count). The minimum atomic E-state index is -1.05.